The van der Waals surface area contributed by atoms with Crippen LogP contribution < -0.4 is 0 Å². The molecule has 2 aliphatic rings. The van der Waals surface area contributed by atoms with Gasteiger partial charge in [0.1, 0.15) is 0 Å². The summed E-state index contributed by atoms with van der Waals surface area (Å²) in [7, 11) is 0. The molecule has 1 unspecified atom stereocenters. The van der Waals surface area contributed by atoms with E-state index < -0.39 is 18.4 Å². The molecule has 0 aromatic rings. The van der Waals surface area contributed by atoms with E-state index in [0.717, 1.165) is 12.8 Å². The van der Waals surface area contributed by atoms with Gasteiger partial charge in [-0.05, 0) is 0 Å². The fourth-order valence-corrected chi connectivity index (χ4v) is 9.69. The molecular formula is C16H26OSn. The van der Waals surface area contributed by atoms with Gasteiger partial charge in [-0.3, -0.25) is 0 Å². The summed E-state index contributed by atoms with van der Waals surface area (Å²) in [6.45, 7) is 2.33. The number of ketones is 1. The zero-order chi connectivity index (χ0) is 13.4. The van der Waals surface area contributed by atoms with E-state index in [0.29, 0.717) is 5.78 Å². The summed E-state index contributed by atoms with van der Waals surface area (Å²) in [5.74, 6) is 0.308. The van der Waals surface area contributed by atoms with Gasteiger partial charge >= 0.3 is 116 Å². The third-order valence-corrected chi connectivity index (χ3v) is 11.4. The molecule has 100 valence electrons. The van der Waals surface area contributed by atoms with Crippen molar-refractivity contribution in [2.75, 3.05) is 0 Å². The molecule has 0 N–H and O–H groups in total. The molecule has 0 saturated heterocycles. The van der Waals surface area contributed by atoms with Crippen LogP contribution in [0.25, 0.3) is 0 Å². The molecule has 0 fully saturated rings. The van der Waals surface area contributed by atoms with Crippen molar-refractivity contribution in [3.63, 3.8) is 0 Å². The number of hydrogen-bond donors (Lipinski definition) is 0. The molecule has 2 aliphatic carbocycles. The van der Waals surface area contributed by atoms with Crippen LogP contribution in [0, 0.1) is 5.41 Å². The van der Waals surface area contributed by atoms with Crippen molar-refractivity contribution in [3.8, 4) is 0 Å². The summed E-state index contributed by atoms with van der Waals surface area (Å²) in [6, 6.07) is 0. The van der Waals surface area contributed by atoms with E-state index in [1.807, 2.05) is 9.67 Å². The normalized spacial score (nSPS) is 29.2. The molecule has 0 saturated carbocycles. The van der Waals surface area contributed by atoms with Crippen molar-refractivity contribution in [2.45, 2.75) is 60.3 Å². The molecule has 0 heterocycles. The Morgan fingerprint density at radius 1 is 1.22 bits per heavy atom. The van der Waals surface area contributed by atoms with Crippen LogP contribution in [-0.4, -0.2) is 24.2 Å². The summed E-state index contributed by atoms with van der Waals surface area (Å²) in [4.78, 5) is 18.9. The van der Waals surface area contributed by atoms with Crippen molar-refractivity contribution in [1.29, 1.82) is 0 Å². The van der Waals surface area contributed by atoms with Crippen molar-refractivity contribution in [1.82, 2.24) is 0 Å². The molecule has 1 atom stereocenters. The van der Waals surface area contributed by atoms with Crippen LogP contribution in [-0.2, 0) is 4.79 Å². The second kappa shape index (κ2) is 5.14. The Labute approximate surface area is 116 Å². The van der Waals surface area contributed by atoms with Gasteiger partial charge in [-0.2, -0.15) is 0 Å². The minimum absolute atomic E-state index is 0.246. The molecule has 1 nitrogen and oxygen atoms in total. The number of allylic oxidation sites excluding steroid dienone is 4. The Bertz CT molecular complexity index is 411. The fraction of sp³-hybridized carbons (Fsp3) is 0.688. The van der Waals surface area contributed by atoms with E-state index >= 15 is 0 Å². The fourth-order valence-electron chi connectivity index (χ4n) is 3.41. The van der Waals surface area contributed by atoms with Crippen LogP contribution in [0.3, 0.4) is 0 Å². The molecule has 2 rings (SSSR count). The molecule has 0 aromatic heterocycles. The van der Waals surface area contributed by atoms with Crippen LogP contribution in [0.1, 0.15) is 45.4 Å². The third kappa shape index (κ3) is 3.28. The number of rotatable bonds is 3. The Morgan fingerprint density at radius 3 is 2.50 bits per heavy atom. The van der Waals surface area contributed by atoms with Gasteiger partial charge in [-0.1, -0.05) is 0 Å². The minimum atomic E-state index is -1.87. The predicted molar refractivity (Wildman–Crippen MR) is 80.3 cm³/mol. The van der Waals surface area contributed by atoms with Crippen molar-refractivity contribution in [3.05, 3.63) is 21.3 Å². The first-order valence-corrected chi connectivity index (χ1v) is 17.2. The van der Waals surface area contributed by atoms with Gasteiger partial charge in [0.05, 0.1) is 0 Å². The quantitative estimate of drug-likeness (QED) is 0.675. The Kier molecular flexibility index (Phi) is 4.10. The van der Waals surface area contributed by atoms with E-state index in [-0.39, 0.29) is 5.41 Å². The second-order valence-electron chi connectivity index (χ2n) is 7.32. The monoisotopic (exact) mass is 354 g/mol. The summed E-state index contributed by atoms with van der Waals surface area (Å²) in [5.41, 5.74) is 2.01. The zero-order valence-electron chi connectivity index (χ0n) is 12.3. The molecule has 0 bridgehead atoms. The third-order valence-electron chi connectivity index (χ3n) is 4.47. The number of carbonyl (C=O) groups excluding carboxylic acids is 1. The van der Waals surface area contributed by atoms with Crippen molar-refractivity contribution >= 4 is 24.2 Å². The number of carbonyl (C=O) groups is 1. The summed E-state index contributed by atoms with van der Waals surface area (Å²) < 4.78 is 1.89. The van der Waals surface area contributed by atoms with Gasteiger partial charge in [0, 0.05) is 0 Å². The summed E-state index contributed by atoms with van der Waals surface area (Å²) in [5, 5.41) is 0. The average Bonchev–Trinajstić information content (AvgIpc) is 2.70. The Morgan fingerprint density at radius 2 is 1.94 bits per heavy atom. The van der Waals surface area contributed by atoms with E-state index in [9.17, 15) is 4.79 Å². The number of hydrogen-bond acceptors (Lipinski definition) is 1. The maximum atomic E-state index is 11.3. The zero-order valence-corrected chi connectivity index (χ0v) is 15.2. The van der Waals surface area contributed by atoms with Gasteiger partial charge < -0.3 is 0 Å². The maximum absolute atomic E-state index is 11.3. The van der Waals surface area contributed by atoms with Crippen LogP contribution in [0.15, 0.2) is 21.3 Å². The van der Waals surface area contributed by atoms with E-state index in [1.54, 1.807) is 5.57 Å². The molecule has 0 aliphatic heterocycles. The standard InChI is InChI=1S/C13H17O.3CH3.Sn/c1-13(8-6-12(14)7-9-13)10-11-4-2-3-5-11;;;;/h6,8H,2-4,7,9-10H2,1H3;3*1H3;. The van der Waals surface area contributed by atoms with E-state index in [2.05, 4.69) is 27.8 Å². The molecule has 0 aromatic carbocycles. The second-order valence-corrected chi connectivity index (χ2v) is 21.9. The van der Waals surface area contributed by atoms with Gasteiger partial charge in [-0.25, -0.2) is 0 Å². The molecule has 0 spiro atoms. The Balaban J connectivity index is 2.18. The molecule has 2 heteroatoms. The Hall–Kier alpha value is -0.0513. The molecule has 0 radical (unpaired) electrons. The van der Waals surface area contributed by atoms with Crippen LogP contribution in [0.2, 0.25) is 14.8 Å². The first-order chi connectivity index (χ1) is 8.30. The van der Waals surface area contributed by atoms with Crippen LogP contribution in [0.5, 0.6) is 0 Å². The first-order valence-electron chi connectivity index (χ1n) is 7.24. The van der Waals surface area contributed by atoms with E-state index in [4.69, 9.17) is 0 Å². The van der Waals surface area contributed by atoms with Gasteiger partial charge in [0.15, 0.2) is 0 Å². The SMILES string of the molecule is CC1(CC2=[C]([Sn]([CH3])([CH3])[CH3])CCC2)C=CC(=O)CC1. The average molecular weight is 353 g/mol. The first kappa shape index (κ1) is 14.4. The molecule has 18 heavy (non-hydrogen) atoms. The topological polar surface area (TPSA) is 17.1 Å². The van der Waals surface area contributed by atoms with Gasteiger partial charge in [0.25, 0.3) is 0 Å². The molecular weight excluding hydrogens is 327 g/mol. The van der Waals surface area contributed by atoms with E-state index in [1.165, 1.54) is 25.7 Å². The van der Waals surface area contributed by atoms with Crippen molar-refractivity contribution < 1.29 is 4.79 Å². The van der Waals surface area contributed by atoms with Gasteiger partial charge in [0.2, 0.25) is 0 Å². The van der Waals surface area contributed by atoms with Crippen molar-refractivity contribution in [2.24, 2.45) is 5.41 Å². The molecule has 0 amide bonds. The summed E-state index contributed by atoms with van der Waals surface area (Å²) in [6.07, 6.45) is 11.1. The van der Waals surface area contributed by atoms with Crippen LogP contribution >= 0.6 is 0 Å². The van der Waals surface area contributed by atoms with Gasteiger partial charge in [-0.15, -0.1) is 0 Å². The summed E-state index contributed by atoms with van der Waals surface area (Å²) >= 11 is -1.87. The predicted octanol–water partition coefficient (Wildman–Crippen LogP) is 4.66. The van der Waals surface area contributed by atoms with Crippen LogP contribution in [0.4, 0.5) is 0 Å².